The minimum atomic E-state index is -0.926. The van der Waals surface area contributed by atoms with Crippen molar-refractivity contribution in [2.24, 2.45) is 5.11 Å². The molecule has 7 heavy (non-hydrogen) atoms. The van der Waals surface area contributed by atoms with Gasteiger partial charge in [-0.2, -0.15) is 0 Å². The average Bonchev–Trinajstić information content (AvgIpc) is 1.68. The van der Waals surface area contributed by atoms with Crippen molar-refractivity contribution in [2.75, 3.05) is 5.33 Å². The van der Waals surface area contributed by atoms with E-state index in [0.717, 1.165) is 0 Å². The van der Waals surface area contributed by atoms with Crippen LogP contribution in [0.2, 0.25) is 0 Å². The fourth-order valence-electron chi connectivity index (χ4n) is 0.0905. The molecule has 1 unspecified atom stereocenters. The van der Waals surface area contributed by atoms with Crippen molar-refractivity contribution in [3.05, 3.63) is 10.4 Å². The summed E-state index contributed by atoms with van der Waals surface area (Å²) in [6.45, 7) is 0. The minimum Gasteiger partial charge on any atom is -0.386 e. The van der Waals surface area contributed by atoms with Crippen LogP contribution < -0.4 is 0 Å². The van der Waals surface area contributed by atoms with E-state index in [9.17, 15) is 0 Å². The first kappa shape index (κ1) is 6.75. The van der Waals surface area contributed by atoms with E-state index in [-0.39, 0.29) is 5.33 Å². The largest absolute Gasteiger partial charge is 0.386 e. The molecule has 0 radical (unpaired) electrons. The van der Waals surface area contributed by atoms with Gasteiger partial charge in [-0.3, -0.25) is 0 Å². The van der Waals surface area contributed by atoms with E-state index >= 15 is 0 Å². The molecule has 40 valence electrons. The van der Waals surface area contributed by atoms with Crippen LogP contribution in [0.15, 0.2) is 5.11 Å². The van der Waals surface area contributed by atoms with E-state index in [0.29, 0.717) is 0 Å². The summed E-state index contributed by atoms with van der Waals surface area (Å²) in [7, 11) is 0. The highest BCUT2D eigenvalue weighted by Crippen LogP contribution is 1.89. The molecule has 0 aliphatic heterocycles. The molecule has 0 spiro atoms. The van der Waals surface area contributed by atoms with E-state index in [4.69, 9.17) is 10.6 Å². The topological polar surface area (TPSA) is 69.0 Å². The van der Waals surface area contributed by atoms with Crippen LogP contribution in [0.25, 0.3) is 10.4 Å². The zero-order chi connectivity index (χ0) is 5.70. The van der Waals surface area contributed by atoms with Gasteiger partial charge in [0.1, 0.15) is 6.23 Å². The van der Waals surface area contributed by atoms with Crippen molar-refractivity contribution in [3.63, 3.8) is 0 Å². The zero-order valence-corrected chi connectivity index (χ0v) is 5.04. The van der Waals surface area contributed by atoms with Gasteiger partial charge >= 0.3 is 0 Å². The van der Waals surface area contributed by atoms with Crippen LogP contribution in [0, 0.1) is 0 Å². The monoisotopic (exact) mass is 165 g/mol. The third kappa shape index (κ3) is 3.58. The van der Waals surface area contributed by atoms with Gasteiger partial charge in [0.25, 0.3) is 0 Å². The third-order valence-electron chi connectivity index (χ3n) is 0.323. The molecular weight excluding hydrogens is 162 g/mol. The third-order valence-corrected chi connectivity index (χ3v) is 0.902. The quantitative estimate of drug-likeness (QED) is 0.282. The molecule has 0 aliphatic rings. The highest BCUT2D eigenvalue weighted by molar-refractivity contribution is 9.09. The van der Waals surface area contributed by atoms with Crippen LogP contribution >= 0.6 is 15.9 Å². The van der Waals surface area contributed by atoms with Crippen molar-refractivity contribution in [1.29, 1.82) is 0 Å². The second-order valence-electron chi connectivity index (χ2n) is 0.840. The van der Waals surface area contributed by atoms with Crippen LogP contribution in [0.3, 0.4) is 0 Å². The Bertz CT molecular complexity index is 88.9. The molecule has 0 heterocycles. The van der Waals surface area contributed by atoms with Crippen LogP contribution in [0.1, 0.15) is 0 Å². The summed E-state index contributed by atoms with van der Waals surface area (Å²) < 4.78 is 0. The van der Waals surface area contributed by atoms with Gasteiger partial charge in [0.2, 0.25) is 0 Å². The lowest BCUT2D eigenvalue weighted by molar-refractivity contribution is 0.209. The number of nitrogens with zero attached hydrogens (tertiary/aromatic N) is 3. The molecule has 5 heteroatoms. The summed E-state index contributed by atoms with van der Waals surface area (Å²) in [6, 6.07) is 0. The lowest BCUT2D eigenvalue weighted by Gasteiger charge is -1.90. The van der Waals surface area contributed by atoms with E-state index < -0.39 is 6.23 Å². The van der Waals surface area contributed by atoms with E-state index in [2.05, 4.69) is 26.0 Å². The smallest absolute Gasteiger partial charge is 0.142 e. The predicted octanol–water partition coefficient (Wildman–Crippen LogP) is 1.01. The van der Waals surface area contributed by atoms with Crippen molar-refractivity contribution in [3.8, 4) is 0 Å². The maximum atomic E-state index is 8.39. The fourth-order valence-corrected chi connectivity index (χ4v) is 0.220. The van der Waals surface area contributed by atoms with Gasteiger partial charge < -0.3 is 5.11 Å². The van der Waals surface area contributed by atoms with Gasteiger partial charge in [0.15, 0.2) is 0 Å². The van der Waals surface area contributed by atoms with E-state index in [1.165, 1.54) is 0 Å². The molecule has 0 saturated carbocycles. The number of aliphatic hydroxyl groups excluding tert-OH is 1. The van der Waals surface area contributed by atoms with Gasteiger partial charge in [-0.05, 0) is 5.53 Å². The summed E-state index contributed by atoms with van der Waals surface area (Å²) in [4.78, 5) is 2.35. The highest BCUT2D eigenvalue weighted by Gasteiger charge is 1.91. The first-order chi connectivity index (χ1) is 3.31. The number of aliphatic hydroxyl groups is 1. The van der Waals surface area contributed by atoms with Gasteiger partial charge in [-0.25, -0.2) is 0 Å². The molecule has 0 bridgehead atoms. The van der Waals surface area contributed by atoms with E-state index in [1.807, 2.05) is 0 Å². The Hall–Kier alpha value is -0.250. The molecule has 0 saturated heterocycles. The fraction of sp³-hybridized carbons (Fsp3) is 1.00. The lowest BCUT2D eigenvalue weighted by Crippen LogP contribution is -2.00. The van der Waals surface area contributed by atoms with Crippen LogP contribution in [-0.2, 0) is 0 Å². The normalized spacial score (nSPS) is 12.3. The molecule has 0 aromatic carbocycles. The zero-order valence-electron chi connectivity index (χ0n) is 3.45. The summed E-state index contributed by atoms with van der Waals surface area (Å²) in [5.41, 5.74) is 7.65. The maximum absolute atomic E-state index is 8.39. The lowest BCUT2D eigenvalue weighted by atomic mass is 10.7. The summed E-state index contributed by atoms with van der Waals surface area (Å²) in [6.07, 6.45) is -0.926. The second-order valence-corrected chi connectivity index (χ2v) is 1.49. The number of azide groups is 1. The van der Waals surface area contributed by atoms with Crippen molar-refractivity contribution in [2.45, 2.75) is 6.23 Å². The van der Waals surface area contributed by atoms with Crippen LogP contribution in [0.4, 0.5) is 0 Å². The van der Waals surface area contributed by atoms with Gasteiger partial charge in [0, 0.05) is 10.2 Å². The Morgan fingerprint density at radius 3 is 2.71 bits per heavy atom. The number of rotatable bonds is 2. The molecule has 0 aromatic rings. The molecule has 0 rings (SSSR count). The van der Waals surface area contributed by atoms with Crippen molar-refractivity contribution in [1.82, 2.24) is 0 Å². The Labute approximate surface area is 48.9 Å². The van der Waals surface area contributed by atoms with Gasteiger partial charge in [0.05, 0.1) is 0 Å². The molecule has 4 nitrogen and oxygen atoms in total. The van der Waals surface area contributed by atoms with Crippen molar-refractivity contribution >= 4 is 15.9 Å². The summed E-state index contributed by atoms with van der Waals surface area (Å²) >= 11 is 2.90. The predicted molar refractivity (Wildman–Crippen MR) is 28.9 cm³/mol. The van der Waals surface area contributed by atoms with Crippen molar-refractivity contribution < 1.29 is 5.11 Å². The molecule has 0 aromatic heterocycles. The standard InChI is InChI=1S/C2H4BrN3O/c3-1-2(7)5-6-4/h2,7H,1H2. The maximum Gasteiger partial charge on any atom is 0.142 e. The SMILES string of the molecule is [N-]=[N+]=NC(O)CBr. The van der Waals surface area contributed by atoms with Gasteiger partial charge in [-0.1, -0.05) is 21.0 Å². The number of alkyl halides is 1. The van der Waals surface area contributed by atoms with Gasteiger partial charge in [-0.15, -0.1) is 0 Å². The number of halogens is 1. The molecule has 1 atom stereocenters. The number of hydrogen-bond donors (Lipinski definition) is 1. The Balaban J connectivity index is 3.35. The molecular formula is C2H4BrN3O. The Morgan fingerprint density at radius 2 is 2.57 bits per heavy atom. The average molecular weight is 166 g/mol. The van der Waals surface area contributed by atoms with E-state index in [1.54, 1.807) is 0 Å². The minimum absolute atomic E-state index is 0.289. The second kappa shape index (κ2) is 3.92. The Morgan fingerprint density at radius 1 is 2.00 bits per heavy atom. The molecule has 0 amide bonds. The molecule has 1 N–H and O–H groups in total. The highest BCUT2D eigenvalue weighted by atomic mass is 79.9. The summed E-state index contributed by atoms with van der Waals surface area (Å²) in [5, 5.41) is 11.6. The Kier molecular flexibility index (Phi) is 3.78. The molecule has 0 fully saturated rings. The van der Waals surface area contributed by atoms with Crippen LogP contribution in [0.5, 0.6) is 0 Å². The first-order valence-electron chi connectivity index (χ1n) is 1.59. The first-order valence-corrected chi connectivity index (χ1v) is 2.71. The van der Waals surface area contributed by atoms with Crippen LogP contribution in [-0.4, -0.2) is 16.7 Å². The summed E-state index contributed by atoms with van der Waals surface area (Å²) in [5.74, 6) is 0. The molecule has 0 aliphatic carbocycles. The number of hydrogen-bond acceptors (Lipinski definition) is 2.